The van der Waals surface area contributed by atoms with Crippen LogP contribution in [0.5, 0.6) is 0 Å². The molecule has 0 radical (unpaired) electrons. The van der Waals surface area contributed by atoms with E-state index < -0.39 is 0 Å². The maximum Gasteiger partial charge on any atom is 0.244 e. The second-order valence-electron chi connectivity index (χ2n) is 3.38. The third-order valence-corrected chi connectivity index (χ3v) is 2.40. The Kier molecular flexibility index (Phi) is 2.31. The minimum Gasteiger partial charge on any atom is -0.366 e. The summed E-state index contributed by atoms with van der Waals surface area (Å²) in [5, 5.41) is 10.7. The van der Waals surface area contributed by atoms with Crippen LogP contribution >= 0.6 is 11.6 Å². The molecule has 1 aromatic heterocycles. The van der Waals surface area contributed by atoms with Gasteiger partial charge < -0.3 is 5.32 Å². The van der Waals surface area contributed by atoms with E-state index in [4.69, 9.17) is 11.6 Å². The maximum absolute atomic E-state index is 5.60. The molecule has 0 aromatic carbocycles. The fourth-order valence-electron chi connectivity index (χ4n) is 1.30. The summed E-state index contributed by atoms with van der Waals surface area (Å²) in [6, 6.07) is 0.452. The first-order chi connectivity index (χ1) is 6.25. The first kappa shape index (κ1) is 8.69. The Morgan fingerprint density at radius 3 is 3.00 bits per heavy atom. The lowest BCUT2D eigenvalue weighted by Crippen LogP contribution is -2.18. The van der Waals surface area contributed by atoms with Gasteiger partial charge in [0.2, 0.25) is 5.28 Å². The molecule has 1 aliphatic rings. The number of rotatable bonds is 3. The average molecular weight is 199 g/mol. The molecule has 1 N–H and O–H groups in total. The molecule has 1 atom stereocenters. The standard InChI is InChI=1S/C8H11ClN4/c1-5(6-2-3-6)11-7-4-10-13-8(9)12-7/h4-6H,2-3H2,1H3,(H,11,12,13). The number of nitrogens with zero attached hydrogens (tertiary/aromatic N) is 3. The SMILES string of the molecule is CC(Nc1cnnc(Cl)n1)C1CC1. The third kappa shape index (κ3) is 2.28. The van der Waals surface area contributed by atoms with Crippen LogP contribution in [0.15, 0.2) is 6.20 Å². The number of hydrogen-bond acceptors (Lipinski definition) is 4. The lowest BCUT2D eigenvalue weighted by atomic mass is 10.2. The molecule has 5 heteroatoms. The predicted molar refractivity (Wildman–Crippen MR) is 50.6 cm³/mol. The number of aromatic nitrogens is 3. The molecule has 0 aliphatic heterocycles. The molecule has 70 valence electrons. The number of hydrogen-bond donors (Lipinski definition) is 1. The van der Waals surface area contributed by atoms with E-state index in [2.05, 4.69) is 27.4 Å². The Hall–Kier alpha value is -0.900. The van der Waals surface area contributed by atoms with Crippen molar-refractivity contribution < 1.29 is 0 Å². The van der Waals surface area contributed by atoms with Gasteiger partial charge in [-0.3, -0.25) is 0 Å². The zero-order chi connectivity index (χ0) is 9.26. The summed E-state index contributed by atoms with van der Waals surface area (Å²) in [6.07, 6.45) is 4.20. The van der Waals surface area contributed by atoms with Crippen molar-refractivity contribution in [1.82, 2.24) is 15.2 Å². The van der Waals surface area contributed by atoms with Crippen LogP contribution in [0.25, 0.3) is 0 Å². The summed E-state index contributed by atoms with van der Waals surface area (Å²) in [7, 11) is 0. The van der Waals surface area contributed by atoms with Gasteiger partial charge in [-0.2, -0.15) is 10.1 Å². The van der Waals surface area contributed by atoms with E-state index >= 15 is 0 Å². The van der Waals surface area contributed by atoms with Gasteiger partial charge in [-0.1, -0.05) is 0 Å². The summed E-state index contributed by atoms with van der Waals surface area (Å²) in [5.41, 5.74) is 0. The molecule has 1 aliphatic carbocycles. The van der Waals surface area contributed by atoms with Gasteiger partial charge in [0.1, 0.15) is 5.82 Å². The Bertz CT molecular complexity index is 300. The van der Waals surface area contributed by atoms with E-state index in [1.54, 1.807) is 6.20 Å². The highest BCUT2D eigenvalue weighted by atomic mass is 35.5. The summed E-state index contributed by atoms with van der Waals surface area (Å²) in [4.78, 5) is 4.00. The Labute approximate surface area is 81.7 Å². The molecule has 0 amide bonds. The van der Waals surface area contributed by atoms with E-state index in [1.807, 2.05) is 0 Å². The second kappa shape index (κ2) is 3.46. The molecule has 0 saturated heterocycles. The zero-order valence-corrected chi connectivity index (χ0v) is 8.12. The van der Waals surface area contributed by atoms with Gasteiger partial charge in [0, 0.05) is 6.04 Å². The molecule has 13 heavy (non-hydrogen) atoms. The molecule has 1 fully saturated rings. The van der Waals surface area contributed by atoms with Crippen molar-refractivity contribution in [2.24, 2.45) is 5.92 Å². The van der Waals surface area contributed by atoms with E-state index in [1.165, 1.54) is 12.8 Å². The van der Waals surface area contributed by atoms with Crippen LogP contribution in [0.1, 0.15) is 19.8 Å². The highest BCUT2D eigenvalue weighted by Crippen LogP contribution is 2.33. The monoisotopic (exact) mass is 198 g/mol. The molecule has 0 spiro atoms. The first-order valence-corrected chi connectivity index (χ1v) is 4.75. The summed E-state index contributed by atoms with van der Waals surface area (Å²) in [6.45, 7) is 2.15. The molecule has 1 saturated carbocycles. The van der Waals surface area contributed by atoms with Crippen molar-refractivity contribution in [2.75, 3.05) is 5.32 Å². The maximum atomic E-state index is 5.60. The lowest BCUT2D eigenvalue weighted by molar-refractivity contribution is 0.688. The van der Waals surface area contributed by atoms with Crippen LogP contribution in [0.2, 0.25) is 5.28 Å². The second-order valence-corrected chi connectivity index (χ2v) is 3.72. The quantitative estimate of drug-likeness (QED) is 0.804. The minimum atomic E-state index is 0.188. The van der Waals surface area contributed by atoms with Crippen LogP contribution in [0.4, 0.5) is 5.82 Å². The minimum absolute atomic E-state index is 0.188. The van der Waals surface area contributed by atoms with Gasteiger partial charge >= 0.3 is 0 Å². The highest BCUT2D eigenvalue weighted by molar-refractivity contribution is 6.28. The Morgan fingerprint density at radius 2 is 2.38 bits per heavy atom. The van der Waals surface area contributed by atoms with Crippen molar-refractivity contribution in [3.8, 4) is 0 Å². The van der Waals surface area contributed by atoms with Gasteiger partial charge in [-0.15, -0.1) is 5.10 Å². The van der Waals surface area contributed by atoms with Crippen LogP contribution in [-0.4, -0.2) is 21.2 Å². The molecule has 4 nitrogen and oxygen atoms in total. The number of anilines is 1. The smallest absolute Gasteiger partial charge is 0.244 e. The fraction of sp³-hybridized carbons (Fsp3) is 0.625. The number of nitrogens with one attached hydrogen (secondary N) is 1. The topological polar surface area (TPSA) is 50.7 Å². The van der Waals surface area contributed by atoms with E-state index in [0.717, 1.165) is 5.92 Å². The van der Waals surface area contributed by atoms with E-state index in [9.17, 15) is 0 Å². The van der Waals surface area contributed by atoms with Gasteiger partial charge in [0.15, 0.2) is 0 Å². The molecular weight excluding hydrogens is 188 g/mol. The molecule has 0 bridgehead atoms. The summed E-state index contributed by atoms with van der Waals surface area (Å²) >= 11 is 5.60. The summed E-state index contributed by atoms with van der Waals surface area (Å²) in [5.74, 6) is 1.49. The van der Waals surface area contributed by atoms with Crippen LogP contribution in [0, 0.1) is 5.92 Å². The zero-order valence-electron chi connectivity index (χ0n) is 7.37. The normalized spacial score (nSPS) is 18.3. The fourth-order valence-corrected chi connectivity index (χ4v) is 1.43. The molecule has 2 rings (SSSR count). The van der Waals surface area contributed by atoms with Gasteiger partial charge in [0.25, 0.3) is 0 Å². The predicted octanol–water partition coefficient (Wildman–Crippen LogP) is 1.74. The highest BCUT2D eigenvalue weighted by Gasteiger charge is 2.27. The van der Waals surface area contributed by atoms with Crippen molar-refractivity contribution in [3.05, 3.63) is 11.5 Å². The van der Waals surface area contributed by atoms with Gasteiger partial charge in [-0.05, 0) is 37.3 Å². The molecule has 1 heterocycles. The lowest BCUT2D eigenvalue weighted by Gasteiger charge is -2.12. The van der Waals surface area contributed by atoms with E-state index in [-0.39, 0.29) is 5.28 Å². The Balaban J connectivity index is 2.00. The van der Waals surface area contributed by atoms with Crippen molar-refractivity contribution in [3.63, 3.8) is 0 Å². The van der Waals surface area contributed by atoms with Gasteiger partial charge in [-0.25, -0.2) is 0 Å². The largest absolute Gasteiger partial charge is 0.366 e. The van der Waals surface area contributed by atoms with E-state index in [0.29, 0.717) is 11.9 Å². The van der Waals surface area contributed by atoms with Crippen LogP contribution in [0.3, 0.4) is 0 Å². The van der Waals surface area contributed by atoms with Crippen molar-refractivity contribution in [1.29, 1.82) is 0 Å². The molecular formula is C8H11ClN4. The summed E-state index contributed by atoms with van der Waals surface area (Å²) < 4.78 is 0. The molecule has 1 aromatic rings. The van der Waals surface area contributed by atoms with Crippen molar-refractivity contribution >= 4 is 17.4 Å². The third-order valence-electron chi connectivity index (χ3n) is 2.24. The average Bonchev–Trinajstić information content (AvgIpc) is 2.85. The first-order valence-electron chi connectivity index (χ1n) is 4.37. The van der Waals surface area contributed by atoms with Crippen LogP contribution < -0.4 is 5.32 Å². The number of halogens is 1. The Morgan fingerprint density at radius 1 is 1.62 bits per heavy atom. The van der Waals surface area contributed by atoms with Gasteiger partial charge in [0.05, 0.1) is 6.20 Å². The van der Waals surface area contributed by atoms with Crippen LogP contribution in [-0.2, 0) is 0 Å². The molecule has 1 unspecified atom stereocenters. The van der Waals surface area contributed by atoms with Crippen molar-refractivity contribution in [2.45, 2.75) is 25.8 Å².